The Morgan fingerprint density at radius 3 is 2.31 bits per heavy atom. The molecule has 4 heteroatoms. The molecule has 0 saturated heterocycles. The van der Waals surface area contributed by atoms with E-state index in [-0.39, 0.29) is 11.8 Å². The van der Waals surface area contributed by atoms with Crippen LogP contribution in [0.3, 0.4) is 0 Å². The maximum Gasteiger partial charge on any atom is 0.220 e. The van der Waals surface area contributed by atoms with Crippen molar-refractivity contribution in [3.8, 4) is 11.3 Å². The van der Waals surface area contributed by atoms with Crippen LogP contribution in [0.25, 0.3) is 11.3 Å². The van der Waals surface area contributed by atoms with Crippen LogP contribution in [-0.2, 0) is 0 Å². The molecule has 1 aromatic heterocycles. The van der Waals surface area contributed by atoms with E-state index >= 15 is 0 Å². The molecule has 0 saturated carbocycles. The summed E-state index contributed by atoms with van der Waals surface area (Å²) in [5.74, 6) is -0.0254. The fourth-order valence-electron chi connectivity index (χ4n) is 1.54. The van der Waals surface area contributed by atoms with Crippen LogP contribution in [0.5, 0.6) is 0 Å². The summed E-state index contributed by atoms with van der Waals surface area (Å²) in [5, 5.41) is 0. The Balaban J connectivity index is 2.59. The highest BCUT2D eigenvalue weighted by molar-refractivity contribution is 5.64. The van der Waals surface area contributed by atoms with Gasteiger partial charge in [-0.1, -0.05) is 0 Å². The van der Waals surface area contributed by atoms with E-state index in [1.807, 2.05) is 13.8 Å². The molecule has 2 N–H and O–H groups in total. The summed E-state index contributed by atoms with van der Waals surface area (Å²) in [6.07, 6.45) is 0. The fourth-order valence-corrected chi connectivity index (χ4v) is 1.54. The van der Waals surface area contributed by atoms with Crippen LogP contribution in [0, 0.1) is 19.7 Å². The van der Waals surface area contributed by atoms with E-state index in [2.05, 4.69) is 9.97 Å². The predicted molar refractivity (Wildman–Crippen MR) is 61.3 cm³/mol. The van der Waals surface area contributed by atoms with Crippen LogP contribution in [0.2, 0.25) is 0 Å². The molecule has 1 aromatic carbocycles. The van der Waals surface area contributed by atoms with Crippen molar-refractivity contribution in [2.45, 2.75) is 13.8 Å². The van der Waals surface area contributed by atoms with Crippen molar-refractivity contribution in [1.29, 1.82) is 0 Å². The van der Waals surface area contributed by atoms with E-state index in [4.69, 9.17) is 5.73 Å². The summed E-state index contributed by atoms with van der Waals surface area (Å²) in [5.41, 5.74) is 9.00. The lowest BCUT2D eigenvalue weighted by Crippen LogP contribution is -2.01. The first-order valence-corrected chi connectivity index (χ1v) is 4.94. The highest BCUT2D eigenvalue weighted by Crippen LogP contribution is 2.23. The Labute approximate surface area is 93.2 Å². The molecular weight excluding hydrogens is 205 g/mol. The van der Waals surface area contributed by atoms with Gasteiger partial charge in [-0.05, 0) is 43.7 Å². The van der Waals surface area contributed by atoms with Gasteiger partial charge in [0.25, 0.3) is 0 Å². The predicted octanol–water partition coefficient (Wildman–Crippen LogP) is 2.48. The average Bonchev–Trinajstić information content (AvgIpc) is 2.25. The summed E-state index contributed by atoms with van der Waals surface area (Å²) >= 11 is 0. The number of hydrogen-bond donors (Lipinski definition) is 1. The third-order valence-electron chi connectivity index (χ3n) is 2.52. The molecular formula is C12H12FN3. The van der Waals surface area contributed by atoms with Gasteiger partial charge >= 0.3 is 0 Å². The van der Waals surface area contributed by atoms with E-state index in [0.717, 1.165) is 22.5 Å². The van der Waals surface area contributed by atoms with Crippen LogP contribution in [-0.4, -0.2) is 9.97 Å². The minimum Gasteiger partial charge on any atom is -0.368 e. The standard InChI is InChI=1S/C12H12FN3/c1-7-8(2)15-12(14)16-11(7)9-3-5-10(13)6-4-9/h3-6H,1-2H3,(H2,14,15,16). The molecule has 0 unspecified atom stereocenters. The number of anilines is 1. The number of nitrogens with two attached hydrogens (primary N) is 1. The van der Waals surface area contributed by atoms with Crippen LogP contribution in [0.1, 0.15) is 11.3 Å². The van der Waals surface area contributed by atoms with Gasteiger partial charge in [-0.15, -0.1) is 0 Å². The number of nitrogen functional groups attached to an aromatic ring is 1. The van der Waals surface area contributed by atoms with Gasteiger partial charge in [-0.25, -0.2) is 14.4 Å². The lowest BCUT2D eigenvalue weighted by atomic mass is 10.1. The highest BCUT2D eigenvalue weighted by atomic mass is 19.1. The number of aryl methyl sites for hydroxylation is 1. The molecule has 82 valence electrons. The molecule has 0 aliphatic heterocycles. The fraction of sp³-hybridized carbons (Fsp3) is 0.167. The molecule has 0 bridgehead atoms. The van der Waals surface area contributed by atoms with Crippen molar-refractivity contribution in [2.75, 3.05) is 5.73 Å². The summed E-state index contributed by atoms with van der Waals surface area (Å²) in [4.78, 5) is 8.25. The molecule has 0 atom stereocenters. The Kier molecular flexibility index (Phi) is 2.56. The van der Waals surface area contributed by atoms with Crippen molar-refractivity contribution in [2.24, 2.45) is 0 Å². The molecule has 16 heavy (non-hydrogen) atoms. The molecule has 2 rings (SSSR count). The summed E-state index contributed by atoms with van der Waals surface area (Å²) in [7, 11) is 0. The van der Waals surface area contributed by atoms with Gasteiger partial charge in [0.2, 0.25) is 5.95 Å². The Morgan fingerprint density at radius 1 is 1.06 bits per heavy atom. The molecule has 1 heterocycles. The molecule has 0 fully saturated rings. The second kappa shape index (κ2) is 3.89. The Morgan fingerprint density at radius 2 is 1.69 bits per heavy atom. The first kappa shape index (κ1) is 10.5. The van der Waals surface area contributed by atoms with Gasteiger partial charge in [0.1, 0.15) is 5.82 Å². The smallest absolute Gasteiger partial charge is 0.220 e. The van der Waals surface area contributed by atoms with Gasteiger partial charge in [0, 0.05) is 11.3 Å². The molecule has 0 aliphatic carbocycles. The number of benzene rings is 1. The third-order valence-corrected chi connectivity index (χ3v) is 2.52. The van der Waals surface area contributed by atoms with Crippen LogP contribution in [0.15, 0.2) is 24.3 Å². The second-order valence-corrected chi connectivity index (χ2v) is 3.65. The van der Waals surface area contributed by atoms with Gasteiger partial charge in [0.05, 0.1) is 5.69 Å². The molecule has 0 aliphatic rings. The molecule has 0 radical (unpaired) electrons. The lowest BCUT2D eigenvalue weighted by Gasteiger charge is -2.08. The summed E-state index contributed by atoms with van der Waals surface area (Å²) in [6, 6.07) is 6.18. The molecule has 0 spiro atoms. The summed E-state index contributed by atoms with van der Waals surface area (Å²) in [6.45, 7) is 3.80. The topological polar surface area (TPSA) is 51.8 Å². The quantitative estimate of drug-likeness (QED) is 0.798. The third kappa shape index (κ3) is 1.86. The monoisotopic (exact) mass is 217 g/mol. The minimum absolute atomic E-state index is 0.238. The number of halogens is 1. The lowest BCUT2D eigenvalue weighted by molar-refractivity contribution is 0.628. The van der Waals surface area contributed by atoms with Crippen molar-refractivity contribution in [1.82, 2.24) is 9.97 Å². The van der Waals surface area contributed by atoms with Gasteiger partial charge < -0.3 is 5.73 Å². The Bertz CT molecular complexity index is 521. The van der Waals surface area contributed by atoms with Crippen molar-refractivity contribution >= 4 is 5.95 Å². The number of nitrogens with zero attached hydrogens (tertiary/aromatic N) is 2. The van der Waals surface area contributed by atoms with Crippen molar-refractivity contribution in [3.05, 3.63) is 41.3 Å². The molecule has 2 aromatic rings. The first-order chi connectivity index (χ1) is 7.58. The maximum atomic E-state index is 12.8. The Hall–Kier alpha value is -1.97. The van der Waals surface area contributed by atoms with Gasteiger partial charge in [-0.3, -0.25) is 0 Å². The normalized spacial score (nSPS) is 10.4. The van der Waals surface area contributed by atoms with Crippen LogP contribution >= 0.6 is 0 Å². The summed E-state index contributed by atoms with van der Waals surface area (Å²) < 4.78 is 12.8. The number of rotatable bonds is 1. The van der Waals surface area contributed by atoms with Crippen LogP contribution in [0.4, 0.5) is 10.3 Å². The van der Waals surface area contributed by atoms with Crippen molar-refractivity contribution < 1.29 is 4.39 Å². The zero-order chi connectivity index (χ0) is 11.7. The zero-order valence-corrected chi connectivity index (χ0v) is 9.16. The SMILES string of the molecule is Cc1nc(N)nc(-c2ccc(F)cc2)c1C. The average molecular weight is 217 g/mol. The molecule has 3 nitrogen and oxygen atoms in total. The van der Waals surface area contributed by atoms with E-state index in [1.165, 1.54) is 12.1 Å². The minimum atomic E-state index is -0.264. The highest BCUT2D eigenvalue weighted by Gasteiger charge is 2.08. The molecule has 0 amide bonds. The zero-order valence-electron chi connectivity index (χ0n) is 9.16. The van der Waals surface area contributed by atoms with Crippen molar-refractivity contribution in [3.63, 3.8) is 0 Å². The van der Waals surface area contributed by atoms with E-state index in [0.29, 0.717) is 0 Å². The van der Waals surface area contributed by atoms with E-state index in [9.17, 15) is 4.39 Å². The second-order valence-electron chi connectivity index (χ2n) is 3.65. The first-order valence-electron chi connectivity index (χ1n) is 4.94. The largest absolute Gasteiger partial charge is 0.368 e. The van der Waals surface area contributed by atoms with E-state index in [1.54, 1.807) is 12.1 Å². The number of aromatic nitrogens is 2. The van der Waals surface area contributed by atoms with E-state index < -0.39 is 0 Å². The van der Waals surface area contributed by atoms with Gasteiger partial charge in [0.15, 0.2) is 0 Å². The maximum absolute atomic E-state index is 12.8. The number of hydrogen-bond acceptors (Lipinski definition) is 3. The van der Waals surface area contributed by atoms with Crippen LogP contribution < -0.4 is 5.73 Å². The van der Waals surface area contributed by atoms with Gasteiger partial charge in [-0.2, -0.15) is 0 Å².